The van der Waals surface area contributed by atoms with E-state index in [9.17, 15) is 5.11 Å². The van der Waals surface area contributed by atoms with Crippen LogP contribution in [0, 0.1) is 0 Å². The van der Waals surface area contributed by atoms with Gasteiger partial charge in [-0.05, 0) is 47.0 Å². The fourth-order valence-corrected chi connectivity index (χ4v) is 1.31. The number of hydrogen-bond acceptors (Lipinski definition) is 5. The topological polar surface area (TPSA) is 79.2 Å². The Morgan fingerprint density at radius 3 is 2.06 bits per heavy atom. The fourth-order valence-electron chi connectivity index (χ4n) is 1.31. The van der Waals surface area contributed by atoms with E-state index in [4.69, 9.17) is 19.7 Å². The van der Waals surface area contributed by atoms with Crippen LogP contribution in [0.3, 0.4) is 0 Å². The molecule has 0 aliphatic carbocycles. The van der Waals surface area contributed by atoms with Crippen LogP contribution in [-0.4, -0.2) is 46.2 Å². The van der Waals surface area contributed by atoms with Gasteiger partial charge in [-0.15, -0.1) is 0 Å². The van der Waals surface area contributed by atoms with E-state index in [-0.39, 0.29) is 0 Å². The summed E-state index contributed by atoms with van der Waals surface area (Å²) in [5, 5.41) is 25.4. The lowest BCUT2D eigenvalue weighted by Crippen LogP contribution is -2.25. The van der Waals surface area contributed by atoms with Gasteiger partial charge in [-0.1, -0.05) is 0 Å². The average molecular weight is 250 g/mol. The minimum Gasteiger partial charge on any atom is -0.378 e. The smallest absolute Gasteiger partial charge is 0.159 e. The van der Waals surface area contributed by atoms with Crippen LogP contribution >= 0.6 is 0 Å². The van der Waals surface area contributed by atoms with E-state index in [2.05, 4.69) is 0 Å². The monoisotopic (exact) mass is 250 g/mol. The maximum absolute atomic E-state index is 9.23. The number of rotatable bonds is 4. The molecule has 0 saturated carbocycles. The van der Waals surface area contributed by atoms with Crippen molar-refractivity contribution >= 4 is 0 Å². The molecule has 1 saturated heterocycles. The summed E-state index contributed by atoms with van der Waals surface area (Å²) in [6, 6.07) is 0. The number of hydrogen-bond donors (Lipinski definition) is 3. The second-order valence-electron chi connectivity index (χ2n) is 5.21. The Labute approximate surface area is 103 Å². The number of aliphatic hydroxyl groups is 3. The molecule has 1 fully saturated rings. The van der Waals surface area contributed by atoms with Crippen LogP contribution < -0.4 is 0 Å². The third kappa shape index (κ3) is 15.8. The molecule has 0 spiro atoms. The Morgan fingerprint density at radius 1 is 1.18 bits per heavy atom. The average Bonchev–Trinajstić information content (AvgIpc) is 2.50. The Hall–Kier alpha value is -0.200. The highest BCUT2D eigenvalue weighted by molar-refractivity contribution is 4.64. The molecule has 1 atom stereocenters. The van der Waals surface area contributed by atoms with Crippen molar-refractivity contribution in [3.05, 3.63) is 0 Å². The molecule has 1 unspecified atom stereocenters. The molecular formula is C12H26O5. The van der Waals surface area contributed by atoms with Crippen LogP contribution in [0.25, 0.3) is 0 Å². The molecule has 5 heteroatoms. The Kier molecular flexibility index (Phi) is 7.20. The quantitative estimate of drug-likeness (QED) is 0.649. The van der Waals surface area contributed by atoms with Gasteiger partial charge in [0.25, 0.3) is 0 Å². The Bertz CT molecular complexity index is 180. The van der Waals surface area contributed by atoms with Crippen molar-refractivity contribution in [1.29, 1.82) is 0 Å². The minimum absolute atomic E-state index is 0.354. The molecule has 1 aliphatic heterocycles. The van der Waals surface area contributed by atoms with Crippen LogP contribution in [0.1, 0.15) is 47.0 Å². The molecule has 0 aromatic carbocycles. The van der Waals surface area contributed by atoms with E-state index in [0.717, 1.165) is 25.9 Å². The van der Waals surface area contributed by atoms with E-state index in [1.54, 1.807) is 13.8 Å². The van der Waals surface area contributed by atoms with Crippen molar-refractivity contribution in [3.63, 3.8) is 0 Å². The van der Waals surface area contributed by atoms with Gasteiger partial charge in [0.2, 0.25) is 0 Å². The standard InChI is InChI=1S/C9H18O3.C3H8O2/c1-9(2,10)12-7-5-8-4-3-6-11-8;1-3(2,4)5/h8,10H,3-7H2,1-2H3;4-5H,1-2H3. The molecule has 0 amide bonds. The van der Waals surface area contributed by atoms with Crippen molar-refractivity contribution < 1.29 is 24.8 Å². The highest BCUT2D eigenvalue weighted by Gasteiger charge is 2.17. The third-order valence-electron chi connectivity index (χ3n) is 1.92. The summed E-state index contributed by atoms with van der Waals surface area (Å²) in [6.07, 6.45) is 3.54. The lowest BCUT2D eigenvalue weighted by atomic mass is 10.2. The van der Waals surface area contributed by atoms with Gasteiger partial charge in [0, 0.05) is 6.61 Å². The van der Waals surface area contributed by atoms with Crippen molar-refractivity contribution in [2.45, 2.75) is 64.6 Å². The van der Waals surface area contributed by atoms with Crippen LogP contribution in [0.2, 0.25) is 0 Å². The van der Waals surface area contributed by atoms with Crippen molar-refractivity contribution in [2.24, 2.45) is 0 Å². The molecule has 5 nitrogen and oxygen atoms in total. The molecule has 104 valence electrons. The third-order valence-corrected chi connectivity index (χ3v) is 1.92. The zero-order valence-electron chi connectivity index (χ0n) is 11.3. The van der Waals surface area contributed by atoms with Crippen LogP contribution in [0.15, 0.2) is 0 Å². The van der Waals surface area contributed by atoms with Gasteiger partial charge in [0.05, 0.1) is 12.7 Å². The van der Waals surface area contributed by atoms with Gasteiger partial charge < -0.3 is 24.8 Å². The zero-order valence-corrected chi connectivity index (χ0v) is 11.3. The molecule has 17 heavy (non-hydrogen) atoms. The van der Waals surface area contributed by atoms with E-state index < -0.39 is 11.6 Å². The second-order valence-corrected chi connectivity index (χ2v) is 5.21. The summed E-state index contributed by atoms with van der Waals surface area (Å²) in [7, 11) is 0. The van der Waals surface area contributed by atoms with Crippen LogP contribution in [-0.2, 0) is 9.47 Å². The molecule has 1 heterocycles. The van der Waals surface area contributed by atoms with Gasteiger partial charge in [-0.2, -0.15) is 0 Å². The van der Waals surface area contributed by atoms with Gasteiger partial charge >= 0.3 is 0 Å². The first-order valence-corrected chi connectivity index (χ1v) is 6.00. The van der Waals surface area contributed by atoms with Gasteiger partial charge in [-0.25, -0.2) is 0 Å². The van der Waals surface area contributed by atoms with Gasteiger partial charge in [0.1, 0.15) is 0 Å². The predicted octanol–water partition coefficient (Wildman–Crippen LogP) is 1.01. The van der Waals surface area contributed by atoms with Crippen molar-refractivity contribution in [3.8, 4) is 0 Å². The molecule has 1 rings (SSSR count). The van der Waals surface area contributed by atoms with E-state index >= 15 is 0 Å². The first kappa shape index (κ1) is 16.8. The highest BCUT2D eigenvalue weighted by Crippen LogP contribution is 2.16. The molecule has 0 aromatic heterocycles. The first-order valence-electron chi connectivity index (χ1n) is 6.00. The number of ether oxygens (including phenoxy) is 2. The van der Waals surface area contributed by atoms with E-state index in [1.807, 2.05) is 0 Å². The van der Waals surface area contributed by atoms with Crippen LogP contribution in [0.4, 0.5) is 0 Å². The minimum atomic E-state index is -1.50. The maximum atomic E-state index is 9.23. The SMILES string of the molecule is CC(C)(O)O.CC(C)(O)OCCC1CCCO1. The molecule has 3 N–H and O–H groups in total. The molecule has 1 aliphatic rings. The van der Waals surface area contributed by atoms with Gasteiger partial charge in [-0.3, -0.25) is 0 Å². The largest absolute Gasteiger partial charge is 0.378 e. The summed E-state index contributed by atoms with van der Waals surface area (Å²) in [5.41, 5.74) is 0. The lowest BCUT2D eigenvalue weighted by Gasteiger charge is -2.19. The van der Waals surface area contributed by atoms with E-state index in [0.29, 0.717) is 12.7 Å². The fraction of sp³-hybridized carbons (Fsp3) is 1.00. The molecule has 0 bridgehead atoms. The maximum Gasteiger partial charge on any atom is 0.159 e. The van der Waals surface area contributed by atoms with Crippen molar-refractivity contribution in [1.82, 2.24) is 0 Å². The summed E-state index contributed by atoms with van der Waals surface area (Å²) in [6.45, 7) is 7.34. The normalized spacial score (nSPS) is 21.0. The van der Waals surface area contributed by atoms with Gasteiger partial charge in [0.15, 0.2) is 11.6 Å². The summed E-state index contributed by atoms with van der Waals surface area (Å²) in [5.74, 6) is -2.50. The summed E-state index contributed by atoms with van der Waals surface area (Å²) in [4.78, 5) is 0. The first-order chi connectivity index (χ1) is 7.58. The Morgan fingerprint density at radius 2 is 1.71 bits per heavy atom. The molecular weight excluding hydrogens is 224 g/mol. The van der Waals surface area contributed by atoms with E-state index in [1.165, 1.54) is 13.8 Å². The lowest BCUT2D eigenvalue weighted by molar-refractivity contribution is -0.179. The Balaban J connectivity index is 0.000000437. The van der Waals surface area contributed by atoms with Crippen LogP contribution in [0.5, 0.6) is 0 Å². The second kappa shape index (κ2) is 7.28. The summed E-state index contributed by atoms with van der Waals surface area (Å²) >= 11 is 0. The molecule has 0 aromatic rings. The zero-order chi connectivity index (χ0) is 13.5. The predicted molar refractivity (Wildman–Crippen MR) is 64.4 cm³/mol. The molecule has 0 radical (unpaired) electrons. The highest BCUT2D eigenvalue weighted by atomic mass is 16.6. The summed E-state index contributed by atoms with van der Waals surface area (Å²) < 4.78 is 10.6. The van der Waals surface area contributed by atoms with Crippen molar-refractivity contribution in [2.75, 3.05) is 13.2 Å².